The van der Waals surface area contributed by atoms with Crippen LogP contribution in [-0.2, 0) is 0 Å². The van der Waals surface area contributed by atoms with Gasteiger partial charge in [-0.05, 0) is 46.2 Å². The number of hydrogen-bond acceptors (Lipinski definition) is 3. The molecular formula is C14H17BrN2O. The summed E-state index contributed by atoms with van der Waals surface area (Å²) in [7, 11) is 0. The van der Waals surface area contributed by atoms with E-state index in [2.05, 4.69) is 52.2 Å². The first-order valence-corrected chi connectivity index (χ1v) is 6.89. The quantitative estimate of drug-likeness (QED) is 0.910. The zero-order valence-corrected chi connectivity index (χ0v) is 12.1. The van der Waals surface area contributed by atoms with Crippen molar-refractivity contribution in [2.24, 2.45) is 0 Å². The molecule has 0 aliphatic rings. The Kier molecular flexibility index (Phi) is 4.55. The molecule has 0 aromatic carbocycles. The summed E-state index contributed by atoms with van der Waals surface area (Å²) in [6.07, 6.45) is 5.38. The highest BCUT2D eigenvalue weighted by molar-refractivity contribution is 9.10. The van der Waals surface area contributed by atoms with Crippen molar-refractivity contribution < 1.29 is 4.42 Å². The number of hydrogen-bond donors (Lipinski definition) is 1. The summed E-state index contributed by atoms with van der Waals surface area (Å²) in [6, 6.07) is 6.35. The van der Waals surface area contributed by atoms with Crippen LogP contribution in [0, 0.1) is 0 Å². The van der Waals surface area contributed by atoms with E-state index in [1.165, 1.54) is 5.56 Å². The summed E-state index contributed by atoms with van der Waals surface area (Å²) in [4.78, 5) is 4.07. The third-order valence-electron chi connectivity index (χ3n) is 3.14. The van der Waals surface area contributed by atoms with E-state index >= 15 is 0 Å². The Morgan fingerprint density at radius 2 is 2.06 bits per heavy atom. The van der Waals surface area contributed by atoms with Crippen LogP contribution >= 0.6 is 15.9 Å². The molecule has 0 amide bonds. The largest absolute Gasteiger partial charge is 0.457 e. The smallest absolute Gasteiger partial charge is 0.173 e. The Morgan fingerprint density at radius 3 is 2.61 bits per heavy atom. The van der Waals surface area contributed by atoms with Gasteiger partial charge in [-0.15, -0.1) is 0 Å². The second-order valence-corrected chi connectivity index (χ2v) is 4.97. The predicted molar refractivity (Wildman–Crippen MR) is 75.5 cm³/mol. The molecule has 0 radical (unpaired) electrons. The van der Waals surface area contributed by atoms with E-state index in [9.17, 15) is 0 Å². The molecule has 0 spiro atoms. The van der Waals surface area contributed by atoms with Gasteiger partial charge in [0.25, 0.3) is 0 Å². The van der Waals surface area contributed by atoms with Gasteiger partial charge in [0, 0.05) is 29.9 Å². The van der Waals surface area contributed by atoms with E-state index in [4.69, 9.17) is 4.42 Å². The summed E-state index contributed by atoms with van der Waals surface area (Å²) in [5.41, 5.74) is 2.42. The number of nitrogens with zero attached hydrogens (tertiary/aromatic N) is 1. The van der Waals surface area contributed by atoms with Crippen LogP contribution in [0.25, 0.3) is 0 Å². The molecule has 0 aliphatic heterocycles. The molecule has 2 heterocycles. The summed E-state index contributed by atoms with van der Waals surface area (Å²) in [5.74, 6) is 0.349. The SMILES string of the molecule is CCNC(c1ccoc1Br)C(C)c1ccncc1. The molecule has 1 N–H and O–H groups in total. The molecule has 0 fully saturated rings. The normalized spacial score (nSPS) is 14.4. The monoisotopic (exact) mass is 308 g/mol. The number of furan rings is 1. The van der Waals surface area contributed by atoms with Crippen LogP contribution in [-0.4, -0.2) is 11.5 Å². The lowest BCUT2D eigenvalue weighted by molar-refractivity contribution is 0.462. The number of halogens is 1. The van der Waals surface area contributed by atoms with E-state index in [1.54, 1.807) is 6.26 Å². The average Bonchev–Trinajstić information content (AvgIpc) is 2.82. The van der Waals surface area contributed by atoms with E-state index in [-0.39, 0.29) is 6.04 Å². The summed E-state index contributed by atoms with van der Waals surface area (Å²) < 4.78 is 6.14. The number of aromatic nitrogens is 1. The summed E-state index contributed by atoms with van der Waals surface area (Å²) in [5, 5.41) is 3.51. The summed E-state index contributed by atoms with van der Waals surface area (Å²) in [6.45, 7) is 5.24. The lowest BCUT2D eigenvalue weighted by Gasteiger charge is -2.24. The van der Waals surface area contributed by atoms with Gasteiger partial charge in [0.15, 0.2) is 4.67 Å². The van der Waals surface area contributed by atoms with Crippen LogP contribution < -0.4 is 5.32 Å². The first-order chi connectivity index (χ1) is 8.74. The van der Waals surface area contributed by atoms with Gasteiger partial charge >= 0.3 is 0 Å². The molecule has 0 bridgehead atoms. The van der Waals surface area contributed by atoms with Crippen molar-refractivity contribution in [1.82, 2.24) is 10.3 Å². The Bertz CT molecular complexity index is 484. The Morgan fingerprint density at radius 1 is 1.33 bits per heavy atom. The van der Waals surface area contributed by atoms with E-state index in [0.29, 0.717) is 5.92 Å². The third kappa shape index (κ3) is 2.82. The number of likely N-dealkylation sites (N-methyl/N-ethyl adjacent to an activating group) is 1. The van der Waals surface area contributed by atoms with Crippen LogP contribution in [0.2, 0.25) is 0 Å². The number of nitrogens with one attached hydrogen (secondary N) is 1. The molecule has 2 aromatic rings. The zero-order chi connectivity index (χ0) is 13.0. The molecule has 96 valence electrons. The van der Waals surface area contributed by atoms with Crippen molar-refractivity contribution in [3.8, 4) is 0 Å². The van der Waals surface area contributed by atoms with Gasteiger partial charge in [0.05, 0.1) is 6.26 Å². The maximum absolute atomic E-state index is 5.34. The maximum atomic E-state index is 5.34. The first-order valence-electron chi connectivity index (χ1n) is 6.10. The molecule has 2 unspecified atom stereocenters. The number of pyridine rings is 1. The predicted octanol–water partition coefficient (Wildman–Crippen LogP) is 3.89. The molecule has 2 aromatic heterocycles. The third-order valence-corrected chi connectivity index (χ3v) is 3.78. The van der Waals surface area contributed by atoms with E-state index < -0.39 is 0 Å². The van der Waals surface area contributed by atoms with Crippen molar-refractivity contribution in [3.05, 3.63) is 52.7 Å². The van der Waals surface area contributed by atoms with Crippen LogP contribution in [0.3, 0.4) is 0 Å². The van der Waals surface area contributed by atoms with Gasteiger partial charge in [0.1, 0.15) is 0 Å². The molecule has 3 nitrogen and oxygen atoms in total. The fraction of sp³-hybridized carbons (Fsp3) is 0.357. The van der Waals surface area contributed by atoms with Crippen molar-refractivity contribution in [2.45, 2.75) is 25.8 Å². The molecule has 2 rings (SSSR count). The molecule has 2 atom stereocenters. The molecule has 0 aliphatic carbocycles. The zero-order valence-electron chi connectivity index (χ0n) is 10.6. The minimum absolute atomic E-state index is 0.227. The molecular weight excluding hydrogens is 292 g/mol. The van der Waals surface area contributed by atoms with E-state index in [0.717, 1.165) is 16.8 Å². The Hall–Kier alpha value is -1.13. The lowest BCUT2D eigenvalue weighted by Crippen LogP contribution is -2.25. The van der Waals surface area contributed by atoms with Gasteiger partial charge in [-0.3, -0.25) is 4.98 Å². The average molecular weight is 309 g/mol. The van der Waals surface area contributed by atoms with Gasteiger partial charge in [-0.2, -0.15) is 0 Å². The van der Waals surface area contributed by atoms with Crippen LogP contribution in [0.4, 0.5) is 0 Å². The van der Waals surface area contributed by atoms with Gasteiger partial charge in [0.2, 0.25) is 0 Å². The van der Waals surface area contributed by atoms with Gasteiger partial charge in [-0.25, -0.2) is 0 Å². The number of rotatable bonds is 5. The van der Waals surface area contributed by atoms with E-state index in [1.807, 2.05) is 18.5 Å². The summed E-state index contributed by atoms with van der Waals surface area (Å²) >= 11 is 3.46. The lowest BCUT2D eigenvalue weighted by atomic mass is 9.90. The molecule has 4 heteroatoms. The topological polar surface area (TPSA) is 38.1 Å². The highest BCUT2D eigenvalue weighted by Gasteiger charge is 2.23. The van der Waals surface area contributed by atoms with Crippen LogP contribution in [0.5, 0.6) is 0 Å². The minimum atomic E-state index is 0.227. The van der Waals surface area contributed by atoms with Crippen LogP contribution in [0.15, 0.2) is 45.9 Å². The van der Waals surface area contributed by atoms with Crippen molar-refractivity contribution in [3.63, 3.8) is 0 Å². The first kappa shape index (κ1) is 13.3. The highest BCUT2D eigenvalue weighted by atomic mass is 79.9. The van der Waals surface area contributed by atoms with Crippen molar-refractivity contribution in [2.75, 3.05) is 6.54 Å². The Balaban J connectivity index is 2.28. The van der Waals surface area contributed by atoms with Crippen molar-refractivity contribution in [1.29, 1.82) is 0 Å². The molecule has 0 saturated carbocycles. The maximum Gasteiger partial charge on any atom is 0.173 e. The van der Waals surface area contributed by atoms with Crippen LogP contribution in [0.1, 0.15) is 36.9 Å². The second-order valence-electron chi connectivity index (χ2n) is 4.25. The molecule has 18 heavy (non-hydrogen) atoms. The fourth-order valence-corrected chi connectivity index (χ4v) is 2.65. The van der Waals surface area contributed by atoms with Gasteiger partial charge < -0.3 is 9.73 Å². The fourth-order valence-electron chi connectivity index (χ4n) is 2.16. The van der Waals surface area contributed by atoms with Gasteiger partial charge in [-0.1, -0.05) is 13.8 Å². The standard InChI is InChI=1S/C14H17BrN2O/c1-3-17-13(12-6-9-18-14(12)15)10(2)11-4-7-16-8-5-11/h4-10,13,17H,3H2,1-2H3. The molecule has 0 saturated heterocycles. The second kappa shape index (κ2) is 6.16. The Labute approximate surface area is 116 Å². The highest BCUT2D eigenvalue weighted by Crippen LogP contribution is 2.34. The van der Waals surface area contributed by atoms with Crippen molar-refractivity contribution >= 4 is 15.9 Å². The minimum Gasteiger partial charge on any atom is -0.457 e.